The molecule has 0 radical (unpaired) electrons. The normalized spacial score (nSPS) is 23.5. The number of benzene rings is 1. The highest BCUT2D eigenvalue weighted by Gasteiger charge is 2.47. The fourth-order valence-electron chi connectivity index (χ4n) is 4.56. The molecule has 0 aromatic heterocycles. The fraction of sp³-hybridized carbons (Fsp3) is 0.500. The first-order chi connectivity index (χ1) is 15.7. The third-order valence-corrected chi connectivity index (χ3v) is 6.35. The Labute approximate surface area is 195 Å². The maximum atomic E-state index is 13.7. The van der Waals surface area contributed by atoms with E-state index in [0.29, 0.717) is 42.0 Å². The number of hydrogen-bond donors (Lipinski definition) is 1. The molecule has 1 heterocycles. The quantitative estimate of drug-likeness (QED) is 0.490. The van der Waals surface area contributed by atoms with Crippen LogP contribution in [0, 0.1) is 11.8 Å². The molecule has 0 saturated carbocycles. The summed E-state index contributed by atoms with van der Waals surface area (Å²) >= 11 is 0. The molecule has 1 N–H and O–H groups in total. The average Bonchev–Trinajstić information content (AvgIpc) is 2.78. The lowest BCUT2D eigenvalue weighted by Gasteiger charge is -2.38. The van der Waals surface area contributed by atoms with Crippen LogP contribution in [0.4, 0.5) is 0 Å². The largest absolute Gasteiger partial charge is 0.494 e. The van der Waals surface area contributed by atoms with Gasteiger partial charge in [0.05, 0.1) is 25.4 Å². The number of allylic oxidation sites excluding steroid dienone is 3. The molecule has 0 amide bonds. The lowest BCUT2D eigenvalue weighted by Crippen LogP contribution is -2.43. The van der Waals surface area contributed by atoms with E-state index in [1.807, 2.05) is 58.9 Å². The Kier molecular flexibility index (Phi) is 7.61. The smallest absolute Gasteiger partial charge is 0.337 e. The SMILES string of the molecule is CCOc1cccc([C@@H]2C(C(=O)O[C@@H](C)CC)=C(C)NC3=C2C(=O)[C@@H](C(=O)OC)[C@@H](C)C3)c1. The topological polar surface area (TPSA) is 90.9 Å². The molecular weight excluding hydrogens is 422 g/mol. The van der Waals surface area contributed by atoms with E-state index in [0.717, 1.165) is 11.3 Å². The number of ether oxygens (including phenoxy) is 3. The lowest BCUT2D eigenvalue weighted by atomic mass is 9.69. The second-order valence-electron chi connectivity index (χ2n) is 8.67. The van der Waals surface area contributed by atoms with Crippen LogP contribution in [0.1, 0.15) is 58.9 Å². The van der Waals surface area contributed by atoms with Crippen molar-refractivity contribution in [3.8, 4) is 5.75 Å². The molecule has 3 rings (SSSR count). The van der Waals surface area contributed by atoms with Gasteiger partial charge in [-0.25, -0.2) is 4.79 Å². The van der Waals surface area contributed by atoms with Crippen molar-refractivity contribution in [3.63, 3.8) is 0 Å². The van der Waals surface area contributed by atoms with Gasteiger partial charge in [0, 0.05) is 22.9 Å². The monoisotopic (exact) mass is 455 g/mol. The van der Waals surface area contributed by atoms with Gasteiger partial charge in [0.2, 0.25) is 0 Å². The summed E-state index contributed by atoms with van der Waals surface area (Å²) in [6.45, 7) is 9.83. The summed E-state index contributed by atoms with van der Waals surface area (Å²) in [6, 6.07) is 7.38. The Morgan fingerprint density at radius 3 is 2.61 bits per heavy atom. The zero-order valence-electron chi connectivity index (χ0n) is 20.2. The van der Waals surface area contributed by atoms with Crippen LogP contribution in [0.2, 0.25) is 0 Å². The summed E-state index contributed by atoms with van der Waals surface area (Å²) in [5.41, 5.74) is 2.90. The number of dihydropyridines is 1. The van der Waals surface area contributed by atoms with Crippen LogP contribution in [0.5, 0.6) is 5.75 Å². The molecule has 0 spiro atoms. The summed E-state index contributed by atoms with van der Waals surface area (Å²) in [5.74, 6) is -2.54. The Morgan fingerprint density at radius 2 is 1.97 bits per heavy atom. The van der Waals surface area contributed by atoms with Crippen molar-refractivity contribution in [2.45, 2.75) is 59.5 Å². The summed E-state index contributed by atoms with van der Waals surface area (Å²) in [5, 5.41) is 3.27. The molecule has 4 atom stereocenters. The molecule has 0 unspecified atom stereocenters. The van der Waals surface area contributed by atoms with Gasteiger partial charge in [-0.1, -0.05) is 26.0 Å². The number of ketones is 1. The molecule has 1 aromatic carbocycles. The van der Waals surface area contributed by atoms with Crippen molar-refractivity contribution in [2.24, 2.45) is 11.8 Å². The summed E-state index contributed by atoms with van der Waals surface area (Å²) < 4.78 is 16.3. The third-order valence-electron chi connectivity index (χ3n) is 6.35. The number of carbonyl (C=O) groups excluding carboxylic acids is 3. The van der Waals surface area contributed by atoms with E-state index in [1.165, 1.54) is 7.11 Å². The first-order valence-corrected chi connectivity index (χ1v) is 11.5. The first kappa shape index (κ1) is 24.6. The summed E-state index contributed by atoms with van der Waals surface area (Å²) in [7, 11) is 1.29. The van der Waals surface area contributed by atoms with Crippen LogP contribution in [0.3, 0.4) is 0 Å². The summed E-state index contributed by atoms with van der Waals surface area (Å²) in [6.07, 6.45) is 0.895. The van der Waals surface area contributed by atoms with Gasteiger partial charge in [-0.2, -0.15) is 0 Å². The molecule has 33 heavy (non-hydrogen) atoms. The Hall–Kier alpha value is -3.09. The molecule has 2 aliphatic rings. The van der Waals surface area contributed by atoms with Gasteiger partial charge in [-0.15, -0.1) is 0 Å². The van der Waals surface area contributed by atoms with E-state index in [2.05, 4.69) is 5.32 Å². The highest BCUT2D eigenvalue weighted by Crippen LogP contribution is 2.46. The number of methoxy groups -OCH3 is 1. The van der Waals surface area contributed by atoms with Crippen LogP contribution in [-0.4, -0.2) is 37.5 Å². The van der Waals surface area contributed by atoms with Crippen LogP contribution in [0.25, 0.3) is 0 Å². The van der Waals surface area contributed by atoms with Crippen LogP contribution in [0.15, 0.2) is 46.8 Å². The molecule has 1 aliphatic heterocycles. The van der Waals surface area contributed by atoms with Gasteiger partial charge in [0.25, 0.3) is 0 Å². The van der Waals surface area contributed by atoms with Crippen LogP contribution >= 0.6 is 0 Å². The second kappa shape index (κ2) is 10.2. The van der Waals surface area contributed by atoms with Crippen LogP contribution < -0.4 is 10.1 Å². The molecule has 1 aromatic rings. The van der Waals surface area contributed by atoms with E-state index in [4.69, 9.17) is 14.2 Å². The van der Waals surface area contributed by atoms with Gasteiger partial charge in [0.1, 0.15) is 11.7 Å². The van der Waals surface area contributed by atoms with E-state index < -0.39 is 23.8 Å². The highest BCUT2D eigenvalue weighted by molar-refractivity contribution is 6.12. The average molecular weight is 456 g/mol. The molecule has 178 valence electrons. The molecule has 7 nitrogen and oxygen atoms in total. The summed E-state index contributed by atoms with van der Waals surface area (Å²) in [4.78, 5) is 39.5. The van der Waals surface area contributed by atoms with Crippen molar-refractivity contribution < 1.29 is 28.6 Å². The van der Waals surface area contributed by atoms with Crippen LogP contribution in [-0.2, 0) is 23.9 Å². The van der Waals surface area contributed by atoms with Gasteiger partial charge in [-0.3, -0.25) is 9.59 Å². The van der Waals surface area contributed by atoms with Gasteiger partial charge in [-0.05, 0) is 57.2 Å². The number of hydrogen-bond acceptors (Lipinski definition) is 7. The van der Waals surface area contributed by atoms with Crippen molar-refractivity contribution in [2.75, 3.05) is 13.7 Å². The van der Waals surface area contributed by atoms with Crippen molar-refractivity contribution >= 4 is 17.7 Å². The second-order valence-corrected chi connectivity index (χ2v) is 8.67. The standard InChI is InChI=1S/C26H33NO6/c1-7-15(4)33-26(30)21-16(5)27-19-12-14(3)20(25(29)31-6)24(28)23(19)22(21)17-10-9-11-18(13-17)32-8-2/h9-11,13-15,20,22,27H,7-8,12H2,1-6H3/t14-,15-,20-,22+/m0/s1. The minimum Gasteiger partial charge on any atom is -0.494 e. The number of nitrogens with one attached hydrogen (secondary N) is 1. The molecule has 0 fully saturated rings. The van der Waals surface area contributed by atoms with Gasteiger partial charge >= 0.3 is 11.9 Å². The lowest BCUT2D eigenvalue weighted by molar-refractivity contribution is -0.151. The van der Waals surface area contributed by atoms with Gasteiger partial charge < -0.3 is 19.5 Å². The predicted octanol–water partition coefficient (Wildman–Crippen LogP) is 4.04. The highest BCUT2D eigenvalue weighted by atomic mass is 16.5. The number of carbonyl (C=O) groups is 3. The third kappa shape index (κ3) is 4.82. The maximum Gasteiger partial charge on any atom is 0.337 e. The zero-order valence-corrected chi connectivity index (χ0v) is 20.2. The Morgan fingerprint density at radius 1 is 1.24 bits per heavy atom. The van der Waals surface area contributed by atoms with E-state index >= 15 is 0 Å². The zero-order chi connectivity index (χ0) is 24.3. The van der Waals surface area contributed by atoms with Crippen molar-refractivity contribution in [1.82, 2.24) is 5.32 Å². The molecule has 0 bridgehead atoms. The van der Waals surface area contributed by atoms with E-state index in [9.17, 15) is 14.4 Å². The fourth-order valence-corrected chi connectivity index (χ4v) is 4.56. The Balaban J connectivity index is 2.17. The number of Topliss-reactive ketones (excluding diaryl/α,β-unsaturated/α-hetero) is 1. The van der Waals surface area contributed by atoms with E-state index in [-0.39, 0.29) is 17.8 Å². The molecule has 1 aliphatic carbocycles. The maximum absolute atomic E-state index is 13.7. The minimum absolute atomic E-state index is 0.229. The number of rotatable bonds is 7. The molecule has 7 heteroatoms. The molecular formula is C26H33NO6. The Bertz CT molecular complexity index is 1010. The van der Waals surface area contributed by atoms with Crippen molar-refractivity contribution in [1.29, 1.82) is 0 Å². The van der Waals surface area contributed by atoms with E-state index in [1.54, 1.807) is 0 Å². The number of esters is 2. The predicted molar refractivity (Wildman–Crippen MR) is 123 cm³/mol. The molecule has 0 saturated heterocycles. The minimum atomic E-state index is -0.918. The first-order valence-electron chi connectivity index (χ1n) is 11.5. The van der Waals surface area contributed by atoms with Crippen molar-refractivity contribution in [3.05, 3.63) is 52.4 Å². The van der Waals surface area contributed by atoms with Gasteiger partial charge in [0.15, 0.2) is 5.78 Å².